The molecule has 0 aliphatic rings. The molecule has 0 atom stereocenters. The van der Waals surface area contributed by atoms with Crippen LogP contribution in [0.4, 0.5) is 4.39 Å². The van der Waals surface area contributed by atoms with Gasteiger partial charge in [-0.05, 0) is 48.4 Å². The fourth-order valence-electron chi connectivity index (χ4n) is 1.54. The largest absolute Gasteiger partial charge is 0.357 e. The summed E-state index contributed by atoms with van der Waals surface area (Å²) in [5.74, 6) is -0.177. The number of halogens is 1. The summed E-state index contributed by atoms with van der Waals surface area (Å²) in [7, 11) is 0. The van der Waals surface area contributed by atoms with Gasteiger partial charge in [-0.1, -0.05) is 0 Å². The molecule has 0 spiro atoms. The summed E-state index contributed by atoms with van der Waals surface area (Å²) in [5.41, 5.74) is 9.08. The second-order valence-electron chi connectivity index (χ2n) is 3.57. The van der Waals surface area contributed by atoms with E-state index in [0.717, 1.165) is 17.0 Å². The highest BCUT2D eigenvalue weighted by Gasteiger charge is 2.03. The van der Waals surface area contributed by atoms with Crippen LogP contribution < -0.4 is 5.73 Å². The topological polar surface area (TPSA) is 41.8 Å². The summed E-state index contributed by atoms with van der Waals surface area (Å²) in [5, 5.41) is 0. The van der Waals surface area contributed by atoms with Gasteiger partial charge in [-0.3, -0.25) is 0 Å². The molecule has 1 aromatic carbocycles. The maximum Gasteiger partial charge on any atom is 0.126 e. The van der Waals surface area contributed by atoms with Gasteiger partial charge in [-0.25, -0.2) is 4.39 Å². The van der Waals surface area contributed by atoms with Crippen molar-refractivity contribution in [2.75, 3.05) is 0 Å². The predicted octanol–water partition coefficient (Wildman–Crippen LogP) is 2.59. The van der Waals surface area contributed by atoms with E-state index in [1.807, 2.05) is 18.2 Å². The van der Waals surface area contributed by atoms with Crippen LogP contribution in [0.2, 0.25) is 0 Å². The van der Waals surface area contributed by atoms with E-state index in [0.29, 0.717) is 12.1 Å². The Hall–Kier alpha value is -1.61. The lowest BCUT2D eigenvalue weighted by Crippen LogP contribution is -1.95. The smallest absolute Gasteiger partial charge is 0.126 e. The monoisotopic (exact) mass is 204 g/mol. The number of aromatic amines is 1. The van der Waals surface area contributed by atoms with Gasteiger partial charge in [-0.15, -0.1) is 0 Å². The van der Waals surface area contributed by atoms with Crippen LogP contribution in [0.25, 0.3) is 11.3 Å². The number of H-pyrrole nitrogens is 1. The third kappa shape index (κ3) is 1.92. The van der Waals surface area contributed by atoms with Gasteiger partial charge in [0, 0.05) is 17.9 Å². The van der Waals surface area contributed by atoms with E-state index in [4.69, 9.17) is 5.73 Å². The lowest BCUT2D eigenvalue weighted by Gasteiger charge is -2.01. The molecule has 0 unspecified atom stereocenters. The number of hydrogen-bond donors (Lipinski definition) is 2. The molecule has 0 bridgehead atoms. The Morgan fingerprint density at radius 2 is 2.07 bits per heavy atom. The number of aryl methyl sites for hydroxylation is 1. The van der Waals surface area contributed by atoms with Crippen molar-refractivity contribution >= 4 is 0 Å². The quantitative estimate of drug-likeness (QED) is 0.775. The molecule has 3 heteroatoms. The summed E-state index contributed by atoms with van der Waals surface area (Å²) < 4.78 is 13.1. The van der Waals surface area contributed by atoms with Gasteiger partial charge in [-0.2, -0.15) is 0 Å². The molecule has 2 nitrogen and oxygen atoms in total. The Morgan fingerprint density at radius 1 is 1.27 bits per heavy atom. The molecule has 78 valence electrons. The SMILES string of the molecule is Cc1cc(-c2ccc(CN)[nH]2)ccc1F. The summed E-state index contributed by atoms with van der Waals surface area (Å²) >= 11 is 0. The van der Waals surface area contributed by atoms with E-state index in [-0.39, 0.29) is 5.82 Å². The van der Waals surface area contributed by atoms with Crippen LogP contribution in [0.5, 0.6) is 0 Å². The van der Waals surface area contributed by atoms with E-state index in [2.05, 4.69) is 4.98 Å². The molecule has 0 aliphatic carbocycles. The standard InChI is InChI=1S/C12H13FN2/c1-8-6-9(2-4-11(8)13)12-5-3-10(7-14)15-12/h2-6,15H,7,14H2,1H3. The minimum absolute atomic E-state index is 0.177. The Kier molecular flexibility index (Phi) is 2.56. The van der Waals surface area contributed by atoms with Crippen LogP contribution in [0.1, 0.15) is 11.3 Å². The predicted molar refractivity (Wildman–Crippen MR) is 58.8 cm³/mol. The normalized spacial score (nSPS) is 10.6. The first-order valence-corrected chi connectivity index (χ1v) is 4.85. The van der Waals surface area contributed by atoms with Crippen LogP contribution in [0, 0.1) is 12.7 Å². The first-order valence-electron chi connectivity index (χ1n) is 4.85. The van der Waals surface area contributed by atoms with Crippen molar-refractivity contribution in [2.45, 2.75) is 13.5 Å². The zero-order valence-corrected chi connectivity index (χ0v) is 8.55. The average molecular weight is 204 g/mol. The molecule has 2 rings (SSSR count). The maximum absolute atomic E-state index is 13.1. The van der Waals surface area contributed by atoms with Crippen molar-refractivity contribution in [1.82, 2.24) is 4.98 Å². The van der Waals surface area contributed by atoms with Crippen LogP contribution >= 0.6 is 0 Å². The number of rotatable bonds is 2. The van der Waals surface area contributed by atoms with Crippen LogP contribution in [0.3, 0.4) is 0 Å². The van der Waals surface area contributed by atoms with E-state index in [9.17, 15) is 4.39 Å². The lowest BCUT2D eigenvalue weighted by molar-refractivity contribution is 0.619. The molecule has 0 radical (unpaired) electrons. The van der Waals surface area contributed by atoms with E-state index < -0.39 is 0 Å². The van der Waals surface area contributed by atoms with Gasteiger partial charge in [0.15, 0.2) is 0 Å². The number of nitrogens with one attached hydrogen (secondary N) is 1. The molecule has 15 heavy (non-hydrogen) atoms. The van der Waals surface area contributed by atoms with Gasteiger partial charge < -0.3 is 10.7 Å². The highest BCUT2D eigenvalue weighted by atomic mass is 19.1. The van der Waals surface area contributed by atoms with E-state index >= 15 is 0 Å². The van der Waals surface area contributed by atoms with Crippen molar-refractivity contribution < 1.29 is 4.39 Å². The molecule has 0 saturated carbocycles. The summed E-state index contributed by atoms with van der Waals surface area (Å²) in [6, 6.07) is 8.95. The Morgan fingerprint density at radius 3 is 2.67 bits per heavy atom. The fourth-order valence-corrected chi connectivity index (χ4v) is 1.54. The molecule has 2 aromatic rings. The van der Waals surface area contributed by atoms with E-state index in [1.165, 1.54) is 6.07 Å². The molecule has 1 heterocycles. The molecular formula is C12H13FN2. The molecule has 0 saturated heterocycles. The van der Waals surface area contributed by atoms with Crippen LogP contribution in [-0.2, 0) is 6.54 Å². The molecular weight excluding hydrogens is 191 g/mol. The van der Waals surface area contributed by atoms with Gasteiger partial charge in [0.2, 0.25) is 0 Å². The molecule has 0 aliphatic heterocycles. The van der Waals surface area contributed by atoms with Crippen molar-refractivity contribution in [1.29, 1.82) is 0 Å². The number of hydrogen-bond acceptors (Lipinski definition) is 1. The number of benzene rings is 1. The average Bonchev–Trinajstić information content (AvgIpc) is 2.70. The third-order valence-electron chi connectivity index (χ3n) is 2.44. The first-order chi connectivity index (χ1) is 7.20. The Labute approximate surface area is 87.9 Å². The van der Waals surface area contributed by atoms with Gasteiger partial charge in [0.05, 0.1) is 0 Å². The molecule has 0 amide bonds. The molecule has 0 fully saturated rings. The van der Waals surface area contributed by atoms with Crippen molar-refractivity contribution in [3.8, 4) is 11.3 Å². The highest BCUT2D eigenvalue weighted by molar-refractivity contribution is 5.60. The van der Waals surface area contributed by atoms with Crippen LogP contribution in [0.15, 0.2) is 30.3 Å². The first kappa shape index (κ1) is 9.93. The second-order valence-corrected chi connectivity index (χ2v) is 3.57. The summed E-state index contributed by atoms with van der Waals surface area (Å²) in [6.07, 6.45) is 0. The number of nitrogens with two attached hydrogens (primary N) is 1. The van der Waals surface area contributed by atoms with E-state index in [1.54, 1.807) is 13.0 Å². The minimum atomic E-state index is -0.177. The fraction of sp³-hybridized carbons (Fsp3) is 0.167. The Balaban J connectivity index is 2.40. The van der Waals surface area contributed by atoms with Crippen molar-refractivity contribution in [3.05, 3.63) is 47.4 Å². The van der Waals surface area contributed by atoms with Gasteiger partial charge in [0.1, 0.15) is 5.82 Å². The molecule has 3 N–H and O–H groups in total. The lowest BCUT2D eigenvalue weighted by atomic mass is 10.1. The maximum atomic E-state index is 13.1. The van der Waals surface area contributed by atoms with Crippen molar-refractivity contribution in [2.24, 2.45) is 5.73 Å². The number of aromatic nitrogens is 1. The zero-order chi connectivity index (χ0) is 10.8. The molecule has 1 aromatic heterocycles. The minimum Gasteiger partial charge on any atom is -0.357 e. The Bertz CT molecular complexity index is 474. The highest BCUT2D eigenvalue weighted by Crippen LogP contribution is 2.20. The van der Waals surface area contributed by atoms with Crippen molar-refractivity contribution in [3.63, 3.8) is 0 Å². The second kappa shape index (κ2) is 3.87. The summed E-state index contributed by atoms with van der Waals surface area (Å²) in [4.78, 5) is 3.18. The van der Waals surface area contributed by atoms with Gasteiger partial charge in [0.25, 0.3) is 0 Å². The van der Waals surface area contributed by atoms with Gasteiger partial charge >= 0.3 is 0 Å². The third-order valence-corrected chi connectivity index (χ3v) is 2.44. The summed E-state index contributed by atoms with van der Waals surface area (Å²) in [6.45, 7) is 2.24. The van der Waals surface area contributed by atoms with Crippen LogP contribution in [-0.4, -0.2) is 4.98 Å². The zero-order valence-electron chi connectivity index (χ0n) is 8.55.